The van der Waals surface area contributed by atoms with Gasteiger partial charge in [-0.15, -0.1) is 0 Å². The summed E-state index contributed by atoms with van der Waals surface area (Å²) in [4.78, 5) is 15.5. The van der Waals surface area contributed by atoms with E-state index >= 15 is 0 Å². The Balaban J connectivity index is 0.000000105. The fraction of sp³-hybridized carbons (Fsp3) is 0. The molecule has 9 heterocycles. The van der Waals surface area contributed by atoms with Crippen LogP contribution >= 0.6 is 0 Å². The van der Waals surface area contributed by atoms with Crippen LogP contribution in [0.3, 0.4) is 0 Å². The minimum atomic E-state index is 0.851. The Morgan fingerprint density at radius 2 is 0.424 bits per heavy atom. The number of nitrogens with zero attached hydrogens (tertiary/aromatic N) is 6. The molecule has 9 heteroatoms. The summed E-state index contributed by atoms with van der Waals surface area (Å²) in [6.07, 6.45) is 0. The molecular formula is C135H84N6O3. The summed E-state index contributed by atoms with van der Waals surface area (Å²) in [6, 6.07) is 180. The smallest absolute Gasteiger partial charge is 0.137 e. The number of hydrogen-bond donors (Lipinski definition) is 0. The van der Waals surface area contributed by atoms with Gasteiger partial charge in [0.25, 0.3) is 0 Å². The van der Waals surface area contributed by atoms with Crippen LogP contribution in [-0.4, -0.2) is 28.7 Å². The van der Waals surface area contributed by atoms with Gasteiger partial charge in [-0.2, -0.15) is 0 Å². The number of fused-ring (bicyclic) bond motifs is 21. The molecule has 0 spiro atoms. The van der Waals surface area contributed by atoms with Crippen LogP contribution in [0.4, 0.5) is 0 Å². The van der Waals surface area contributed by atoms with Crippen LogP contribution in [0.25, 0.3) is 282 Å². The van der Waals surface area contributed by atoms with Crippen molar-refractivity contribution >= 4 is 164 Å². The zero-order chi connectivity index (χ0) is 94.8. The van der Waals surface area contributed by atoms with Gasteiger partial charge in [-0.05, 0) is 200 Å². The number of pyridine rings is 3. The summed E-state index contributed by atoms with van der Waals surface area (Å²) >= 11 is 0. The molecule has 30 aromatic rings. The molecule has 144 heavy (non-hydrogen) atoms. The summed E-state index contributed by atoms with van der Waals surface area (Å²) in [7, 11) is 0. The molecule has 0 amide bonds. The van der Waals surface area contributed by atoms with Crippen molar-refractivity contribution in [3.05, 3.63) is 510 Å². The molecule has 0 radical (unpaired) electrons. The molecule has 0 atom stereocenters. The van der Waals surface area contributed by atoms with Gasteiger partial charge in [-0.1, -0.05) is 358 Å². The van der Waals surface area contributed by atoms with Crippen LogP contribution in [0.5, 0.6) is 0 Å². The highest BCUT2D eigenvalue weighted by Crippen LogP contribution is 2.49. The average Bonchev–Trinajstić information content (AvgIpc) is 1.58. The molecule has 0 unspecified atom stereocenters. The summed E-state index contributed by atoms with van der Waals surface area (Å²) < 4.78 is 27.0. The van der Waals surface area contributed by atoms with Gasteiger partial charge >= 0.3 is 0 Å². The van der Waals surface area contributed by atoms with Crippen LogP contribution in [-0.2, 0) is 0 Å². The predicted octanol–water partition coefficient (Wildman–Crippen LogP) is 36.7. The Bertz CT molecular complexity index is 10100. The molecule has 0 saturated carbocycles. The van der Waals surface area contributed by atoms with E-state index in [4.69, 9.17) is 28.2 Å². The molecule has 0 saturated heterocycles. The van der Waals surface area contributed by atoms with E-state index in [1.165, 1.54) is 132 Å². The molecule has 9 nitrogen and oxygen atoms in total. The fourth-order valence-corrected chi connectivity index (χ4v) is 22.3. The van der Waals surface area contributed by atoms with Gasteiger partial charge in [-0.3, -0.25) is 0 Å². The first-order valence-electron chi connectivity index (χ1n) is 48.9. The molecule has 0 aliphatic rings. The van der Waals surface area contributed by atoms with Crippen LogP contribution in [0.1, 0.15) is 0 Å². The van der Waals surface area contributed by atoms with Crippen molar-refractivity contribution in [1.82, 2.24) is 28.7 Å². The maximum Gasteiger partial charge on any atom is 0.137 e. The number of rotatable bonds is 12. The van der Waals surface area contributed by atoms with Gasteiger partial charge in [0.2, 0.25) is 0 Å². The lowest BCUT2D eigenvalue weighted by atomic mass is 9.96. The highest BCUT2D eigenvalue weighted by atomic mass is 16.3. The molecule has 0 fully saturated rings. The second kappa shape index (κ2) is 34.4. The Morgan fingerprint density at radius 3 is 0.840 bits per heavy atom. The molecule has 0 aliphatic carbocycles. The molecule has 672 valence electrons. The van der Waals surface area contributed by atoms with E-state index in [-0.39, 0.29) is 0 Å². The Hall–Kier alpha value is -19.4. The topological polar surface area (TPSA) is 92.9 Å². The molecule has 0 aliphatic heterocycles. The highest BCUT2D eigenvalue weighted by molar-refractivity contribution is 6.21. The number of benzene rings is 21. The van der Waals surface area contributed by atoms with Crippen LogP contribution in [0, 0.1) is 0 Å². The zero-order valence-electron chi connectivity index (χ0n) is 77.9. The molecule has 9 aromatic heterocycles. The Kier molecular flexibility index (Phi) is 19.8. The third-order valence-corrected chi connectivity index (χ3v) is 28.8. The van der Waals surface area contributed by atoms with E-state index < -0.39 is 0 Å². The highest BCUT2D eigenvalue weighted by Gasteiger charge is 2.26. The van der Waals surface area contributed by atoms with Crippen molar-refractivity contribution in [2.75, 3.05) is 0 Å². The predicted molar refractivity (Wildman–Crippen MR) is 599 cm³/mol. The zero-order valence-corrected chi connectivity index (χ0v) is 77.9. The minimum Gasteiger partial charge on any atom is -0.456 e. The average molecular weight is 1840 g/mol. The summed E-state index contributed by atoms with van der Waals surface area (Å²) in [5.74, 6) is 0. The van der Waals surface area contributed by atoms with Crippen molar-refractivity contribution in [3.8, 4) is 118 Å². The summed E-state index contributed by atoms with van der Waals surface area (Å²) in [5, 5.41) is 17.3. The van der Waals surface area contributed by atoms with Crippen molar-refractivity contribution in [3.63, 3.8) is 0 Å². The third kappa shape index (κ3) is 14.0. The summed E-state index contributed by atoms with van der Waals surface area (Å²) in [6.45, 7) is 0. The molecule has 21 aromatic carbocycles. The van der Waals surface area contributed by atoms with Crippen molar-refractivity contribution in [1.29, 1.82) is 0 Å². The fourth-order valence-electron chi connectivity index (χ4n) is 22.3. The van der Waals surface area contributed by atoms with E-state index in [1.807, 2.05) is 0 Å². The van der Waals surface area contributed by atoms with Crippen LogP contribution < -0.4 is 0 Å². The van der Waals surface area contributed by atoms with E-state index in [0.29, 0.717) is 0 Å². The SMILES string of the molecule is c1ccc(-c2cc(-c3cccc4oc5cc(-n6c7ccccc7c7c(-c8ccccc8)cccc76)ccc5c34)nc3ccccc23)cc1.c1ccc(-c2ccc3c(c2)c2ccccc2n3-c2ccc3c(c2)oc2cccc(-c4cc(-c5ccccc5)c5ccccc5n4)c23)cc1.c1ccc(-c2ccc3c4ccccc4n(-c4ccc5c(c4)oc4cccc(-c6cc(-c7ccccc7)c7ccccc7n6)c45)c3c2)cc1. The van der Waals surface area contributed by atoms with Crippen LogP contribution in [0.2, 0.25) is 0 Å². The van der Waals surface area contributed by atoms with E-state index in [9.17, 15) is 0 Å². The second-order valence-electron chi connectivity index (χ2n) is 37.0. The lowest BCUT2D eigenvalue weighted by Gasteiger charge is -2.11. The molecular weight excluding hydrogens is 1750 g/mol. The number of hydrogen-bond acceptors (Lipinski definition) is 6. The van der Waals surface area contributed by atoms with Gasteiger partial charge in [0, 0.05) is 133 Å². The summed E-state index contributed by atoms with van der Waals surface area (Å²) in [5.41, 5.74) is 38.5. The number of aromatic nitrogens is 6. The number of furan rings is 3. The number of para-hydroxylation sites is 6. The van der Waals surface area contributed by atoms with E-state index in [2.05, 4.69) is 523 Å². The van der Waals surface area contributed by atoms with Gasteiger partial charge in [-0.25, -0.2) is 15.0 Å². The Labute approximate surface area is 827 Å². The second-order valence-corrected chi connectivity index (χ2v) is 37.0. The van der Waals surface area contributed by atoms with Gasteiger partial charge in [0.15, 0.2) is 0 Å². The lowest BCUT2D eigenvalue weighted by molar-refractivity contribution is 0.668. The lowest BCUT2D eigenvalue weighted by Crippen LogP contribution is -1.94. The standard InChI is InChI=1S/3C45H28N2O/c1-3-13-29(14-4-1)32-19-11-23-41-44(32)35-18-8-10-22-40(35)47(41)31-25-26-36-43(27-31)48-42-24-12-20-34(45(36)42)39-28-37(30-15-5-2-6-16-30)33-17-7-9-21-38(33)46-39;1-3-12-29(13-4-1)31-22-25-42-38(26-31)34-17-8-10-20-41(34)47(42)32-23-24-36-44(27-32)48-43-21-11-18-35(45(36)43)40-28-37(30-14-5-2-6-15-30)33-16-7-9-19-39(33)46-40;1-3-12-29(13-4-1)31-22-24-35-34-17-8-10-20-41(34)47(42(35)26-31)32-23-25-37-44(27-32)48-43-21-11-18-36(45(37)43)40-28-38(30-14-5-2-6-15-30)33-16-7-9-19-39(33)46-40/h3*1-28H. The van der Waals surface area contributed by atoms with E-state index in [0.717, 1.165) is 149 Å². The molecule has 30 rings (SSSR count). The largest absolute Gasteiger partial charge is 0.456 e. The normalized spacial score (nSPS) is 11.8. The van der Waals surface area contributed by atoms with Gasteiger partial charge < -0.3 is 27.0 Å². The van der Waals surface area contributed by atoms with Crippen molar-refractivity contribution < 1.29 is 13.3 Å². The van der Waals surface area contributed by atoms with Crippen molar-refractivity contribution in [2.24, 2.45) is 0 Å². The van der Waals surface area contributed by atoms with Crippen LogP contribution in [0.15, 0.2) is 523 Å². The monoisotopic (exact) mass is 1840 g/mol. The van der Waals surface area contributed by atoms with Gasteiger partial charge in [0.1, 0.15) is 33.5 Å². The first-order chi connectivity index (χ1) is 71.4. The van der Waals surface area contributed by atoms with Gasteiger partial charge in [0.05, 0.1) is 66.7 Å². The maximum absolute atomic E-state index is 6.63. The third-order valence-electron chi connectivity index (χ3n) is 28.8. The quantitative estimate of drug-likeness (QED) is 0.121. The minimum absolute atomic E-state index is 0.851. The first kappa shape index (κ1) is 82.9. The maximum atomic E-state index is 6.63. The molecule has 0 bridgehead atoms. The Morgan fingerprint density at radius 1 is 0.139 bits per heavy atom. The van der Waals surface area contributed by atoms with Crippen molar-refractivity contribution in [2.45, 2.75) is 0 Å². The molecule has 0 N–H and O–H groups in total. The van der Waals surface area contributed by atoms with E-state index in [1.54, 1.807) is 0 Å². The first-order valence-corrected chi connectivity index (χ1v) is 48.9.